The summed E-state index contributed by atoms with van der Waals surface area (Å²) in [7, 11) is 0. The first-order chi connectivity index (χ1) is 6.63. The first-order valence-corrected chi connectivity index (χ1v) is 4.33. The second kappa shape index (κ2) is 4.60. The fourth-order valence-corrected chi connectivity index (χ4v) is 1.09. The highest BCUT2D eigenvalue weighted by Gasteiger charge is 2.07. The van der Waals surface area contributed by atoms with E-state index in [9.17, 15) is 9.18 Å². The number of benzene rings is 1. The smallest absolute Gasteiger partial charge is 0.310 e. The Morgan fingerprint density at radius 2 is 2.29 bits per heavy atom. The number of nitrogens with two attached hydrogens (primary N) is 1. The molecule has 0 bridgehead atoms. The van der Waals surface area contributed by atoms with Gasteiger partial charge in [-0.3, -0.25) is 4.79 Å². The summed E-state index contributed by atoms with van der Waals surface area (Å²) >= 11 is 0. The molecular formula is C10H12FNO2. The molecule has 1 aromatic rings. The van der Waals surface area contributed by atoms with Gasteiger partial charge in [-0.2, -0.15) is 0 Å². The number of nitrogen functional groups attached to an aromatic ring is 1. The molecule has 0 spiro atoms. The Balaban J connectivity index is 2.72. The molecule has 0 atom stereocenters. The number of hydrogen-bond acceptors (Lipinski definition) is 3. The van der Waals surface area contributed by atoms with Crippen LogP contribution in [0.15, 0.2) is 18.2 Å². The number of carbonyl (C=O) groups is 1. The van der Waals surface area contributed by atoms with E-state index in [0.29, 0.717) is 12.2 Å². The number of halogens is 1. The zero-order valence-corrected chi connectivity index (χ0v) is 7.92. The van der Waals surface area contributed by atoms with Gasteiger partial charge in [0, 0.05) is 5.69 Å². The van der Waals surface area contributed by atoms with Crippen LogP contribution in [0, 0.1) is 5.82 Å². The lowest BCUT2D eigenvalue weighted by Crippen LogP contribution is -2.09. The monoisotopic (exact) mass is 197 g/mol. The summed E-state index contributed by atoms with van der Waals surface area (Å²) in [6.45, 7) is 2.06. The van der Waals surface area contributed by atoms with Gasteiger partial charge in [-0.05, 0) is 24.6 Å². The predicted octanol–water partition coefficient (Wildman–Crippen LogP) is 1.51. The molecule has 0 radical (unpaired) electrons. The second-order valence-electron chi connectivity index (χ2n) is 2.82. The topological polar surface area (TPSA) is 52.3 Å². The zero-order chi connectivity index (χ0) is 10.6. The molecule has 0 amide bonds. The summed E-state index contributed by atoms with van der Waals surface area (Å²) in [6, 6.07) is 3.95. The van der Waals surface area contributed by atoms with Gasteiger partial charge in [-0.15, -0.1) is 0 Å². The van der Waals surface area contributed by atoms with Crippen LogP contribution in [-0.4, -0.2) is 12.6 Å². The lowest BCUT2D eigenvalue weighted by molar-refractivity contribution is -0.142. The molecule has 2 N–H and O–H groups in total. The van der Waals surface area contributed by atoms with Gasteiger partial charge in [0.25, 0.3) is 0 Å². The minimum atomic E-state index is -0.407. The van der Waals surface area contributed by atoms with Gasteiger partial charge in [-0.1, -0.05) is 6.07 Å². The third kappa shape index (κ3) is 2.73. The largest absolute Gasteiger partial charge is 0.466 e. The molecule has 76 valence electrons. The van der Waals surface area contributed by atoms with Crippen molar-refractivity contribution in [3.63, 3.8) is 0 Å². The summed E-state index contributed by atoms with van der Waals surface area (Å²) in [5.74, 6) is -0.763. The Labute approximate surface area is 81.7 Å². The molecule has 0 heterocycles. The highest BCUT2D eigenvalue weighted by atomic mass is 19.1. The summed E-state index contributed by atoms with van der Waals surface area (Å²) in [5.41, 5.74) is 6.38. The zero-order valence-electron chi connectivity index (χ0n) is 7.92. The number of anilines is 1. The Morgan fingerprint density at radius 3 is 2.86 bits per heavy atom. The summed E-state index contributed by atoms with van der Waals surface area (Å²) in [4.78, 5) is 11.1. The van der Waals surface area contributed by atoms with Gasteiger partial charge in [0.2, 0.25) is 0 Å². The van der Waals surface area contributed by atoms with Crippen LogP contribution in [0.25, 0.3) is 0 Å². The molecule has 0 aliphatic heterocycles. The molecule has 4 heteroatoms. The minimum Gasteiger partial charge on any atom is -0.466 e. The van der Waals surface area contributed by atoms with Gasteiger partial charge in [0.15, 0.2) is 0 Å². The van der Waals surface area contributed by atoms with E-state index in [-0.39, 0.29) is 18.1 Å². The lowest BCUT2D eigenvalue weighted by Gasteiger charge is -2.04. The number of hydrogen-bond donors (Lipinski definition) is 1. The average Bonchev–Trinajstić information content (AvgIpc) is 2.10. The van der Waals surface area contributed by atoms with Crippen LogP contribution < -0.4 is 5.73 Å². The van der Waals surface area contributed by atoms with E-state index in [4.69, 9.17) is 10.5 Å². The van der Waals surface area contributed by atoms with Crippen molar-refractivity contribution in [3.05, 3.63) is 29.6 Å². The Morgan fingerprint density at radius 1 is 1.57 bits per heavy atom. The first kappa shape index (κ1) is 10.5. The van der Waals surface area contributed by atoms with E-state index >= 15 is 0 Å². The van der Waals surface area contributed by atoms with Crippen molar-refractivity contribution in [2.45, 2.75) is 13.3 Å². The van der Waals surface area contributed by atoms with Crippen molar-refractivity contribution in [2.75, 3.05) is 12.3 Å². The van der Waals surface area contributed by atoms with Crippen molar-refractivity contribution in [3.8, 4) is 0 Å². The average molecular weight is 197 g/mol. The predicted molar refractivity (Wildman–Crippen MR) is 51.1 cm³/mol. The first-order valence-electron chi connectivity index (χ1n) is 4.33. The van der Waals surface area contributed by atoms with E-state index in [1.165, 1.54) is 18.2 Å². The number of rotatable bonds is 3. The van der Waals surface area contributed by atoms with Crippen molar-refractivity contribution < 1.29 is 13.9 Å². The Hall–Kier alpha value is -1.58. The molecule has 0 aromatic heterocycles. The van der Waals surface area contributed by atoms with Crippen molar-refractivity contribution >= 4 is 11.7 Å². The second-order valence-corrected chi connectivity index (χ2v) is 2.82. The number of ether oxygens (including phenoxy) is 1. The van der Waals surface area contributed by atoms with Crippen LogP contribution in [-0.2, 0) is 16.0 Å². The van der Waals surface area contributed by atoms with E-state index < -0.39 is 5.82 Å². The molecule has 0 unspecified atom stereocenters. The molecule has 1 rings (SSSR count). The molecule has 3 nitrogen and oxygen atoms in total. The molecule has 0 saturated carbocycles. The maximum atomic E-state index is 12.6. The normalized spacial score (nSPS) is 9.86. The van der Waals surface area contributed by atoms with Gasteiger partial charge < -0.3 is 10.5 Å². The van der Waals surface area contributed by atoms with E-state index in [0.717, 1.165) is 0 Å². The highest BCUT2D eigenvalue weighted by Crippen LogP contribution is 2.14. The Kier molecular flexibility index (Phi) is 3.45. The fraction of sp³-hybridized carbons (Fsp3) is 0.300. The molecular weight excluding hydrogens is 185 g/mol. The van der Waals surface area contributed by atoms with Crippen LogP contribution >= 0.6 is 0 Å². The van der Waals surface area contributed by atoms with Gasteiger partial charge in [0.05, 0.1) is 13.0 Å². The van der Waals surface area contributed by atoms with Crippen molar-refractivity contribution in [1.29, 1.82) is 0 Å². The maximum absolute atomic E-state index is 12.6. The number of carbonyl (C=O) groups excluding carboxylic acids is 1. The SMILES string of the molecule is CCOC(=O)Cc1ccc(F)cc1N. The van der Waals surface area contributed by atoms with Crippen LogP contribution in [0.2, 0.25) is 0 Å². The third-order valence-electron chi connectivity index (χ3n) is 1.75. The molecule has 0 fully saturated rings. The van der Waals surface area contributed by atoms with E-state index in [2.05, 4.69) is 0 Å². The van der Waals surface area contributed by atoms with Gasteiger partial charge in [0.1, 0.15) is 5.82 Å². The molecule has 1 aromatic carbocycles. The van der Waals surface area contributed by atoms with Gasteiger partial charge in [-0.25, -0.2) is 4.39 Å². The van der Waals surface area contributed by atoms with E-state index in [1.807, 2.05) is 0 Å². The summed E-state index contributed by atoms with van der Waals surface area (Å²) < 4.78 is 17.4. The van der Waals surface area contributed by atoms with Crippen LogP contribution in [0.3, 0.4) is 0 Å². The standard InChI is InChI=1S/C10H12FNO2/c1-2-14-10(13)5-7-3-4-8(11)6-9(7)12/h3-4,6H,2,5,12H2,1H3. The molecule has 14 heavy (non-hydrogen) atoms. The molecule has 0 aliphatic carbocycles. The highest BCUT2D eigenvalue weighted by molar-refractivity contribution is 5.74. The summed E-state index contributed by atoms with van der Waals surface area (Å²) in [5, 5.41) is 0. The van der Waals surface area contributed by atoms with Crippen molar-refractivity contribution in [1.82, 2.24) is 0 Å². The molecule has 0 aliphatic rings. The summed E-state index contributed by atoms with van der Waals surface area (Å²) in [6.07, 6.45) is 0.0833. The minimum absolute atomic E-state index is 0.0833. The van der Waals surface area contributed by atoms with Crippen molar-refractivity contribution in [2.24, 2.45) is 0 Å². The van der Waals surface area contributed by atoms with Crippen LogP contribution in [0.4, 0.5) is 10.1 Å². The lowest BCUT2D eigenvalue weighted by atomic mass is 10.1. The number of esters is 1. The fourth-order valence-electron chi connectivity index (χ4n) is 1.09. The molecule has 0 saturated heterocycles. The van der Waals surface area contributed by atoms with Gasteiger partial charge >= 0.3 is 5.97 Å². The van der Waals surface area contributed by atoms with Crippen LogP contribution in [0.1, 0.15) is 12.5 Å². The quantitative estimate of drug-likeness (QED) is 0.590. The maximum Gasteiger partial charge on any atom is 0.310 e. The van der Waals surface area contributed by atoms with Crippen LogP contribution in [0.5, 0.6) is 0 Å². The van der Waals surface area contributed by atoms with E-state index in [1.54, 1.807) is 6.92 Å². The Bertz CT molecular complexity index is 339. The third-order valence-corrected chi connectivity index (χ3v) is 1.75.